The molecule has 0 unspecified atom stereocenters. The maximum absolute atomic E-state index is 12.5. The number of benzene rings is 1. The van der Waals surface area contributed by atoms with Gasteiger partial charge in [0.15, 0.2) is 0 Å². The number of aromatic nitrogens is 2. The molecule has 2 heterocycles. The Morgan fingerprint density at radius 1 is 1.27 bits per heavy atom. The number of nitrogens with zero attached hydrogens (tertiary/aromatic N) is 4. The smallest absolute Gasteiger partial charge is 0.375 e. The van der Waals surface area contributed by atoms with Crippen molar-refractivity contribution in [3.63, 3.8) is 0 Å². The molecule has 0 bridgehead atoms. The summed E-state index contributed by atoms with van der Waals surface area (Å²) >= 11 is 0. The van der Waals surface area contributed by atoms with Crippen LogP contribution in [0.3, 0.4) is 0 Å². The number of hydrogen-bond donors (Lipinski definition) is 2. The second-order valence-corrected chi connectivity index (χ2v) is 8.53. The number of nitrogens with one attached hydrogen (secondary N) is 2. The highest BCUT2D eigenvalue weighted by Crippen LogP contribution is 2.36. The molecule has 8 heteroatoms. The molecule has 8 nitrogen and oxygen atoms in total. The van der Waals surface area contributed by atoms with E-state index in [4.69, 9.17) is 15.3 Å². The van der Waals surface area contributed by atoms with Crippen molar-refractivity contribution >= 4 is 17.4 Å². The molecule has 33 heavy (non-hydrogen) atoms. The first-order chi connectivity index (χ1) is 16.2. The third kappa shape index (κ3) is 5.79. The Balaban J connectivity index is 1.50. The van der Waals surface area contributed by atoms with Crippen LogP contribution in [0.1, 0.15) is 67.7 Å². The fourth-order valence-corrected chi connectivity index (χ4v) is 4.61. The zero-order valence-corrected chi connectivity index (χ0v) is 18.6. The van der Waals surface area contributed by atoms with Crippen molar-refractivity contribution < 1.29 is 9.53 Å². The largest absolute Gasteiger partial charge is 0.419 e. The number of likely N-dealkylation sites (tertiary alicyclic amines) is 1. The number of ether oxygens (including phenoxy) is 1. The van der Waals surface area contributed by atoms with E-state index in [-0.39, 0.29) is 11.7 Å². The monoisotopic (exact) mass is 444 g/mol. The summed E-state index contributed by atoms with van der Waals surface area (Å²) in [5.74, 6) is 0.472. The van der Waals surface area contributed by atoms with Crippen molar-refractivity contribution in [1.82, 2.24) is 14.9 Å². The van der Waals surface area contributed by atoms with E-state index in [0.29, 0.717) is 12.3 Å². The van der Waals surface area contributed by atoms with Gasteiger partial charge in [0.05, 0.1) is 18.0 Å². The molecule has 0 atom stereocenters. The Bertz CT molecular complexity index is 1100. The molecule has 1 amide bonds. The summed E-state index contributed by atoms with van der Waals surface area (Å²) in [6.45, 7) is 2.85. The summed E-state index contributed by atoms with van der Waals surface area (Å²) in [6.07, 6.45) is 10.0. The second-order valence-electron chi connectivity index (χ2n) is 8.53. The Hall–Kier alpha value is -3.62. The van der Waals surface area contributed by atoms with E-state index in [0.717, 1.165) is 63.0 Å². The van der Waals surface area contributed by atoms with Crippen molar-refractivity contribution in [1.29, 1.82) is 10.5 Å². The van der Waals surface area contributed by atoms with Crippen molar-refractivity contribution in [2.45, 2.75) is 50.9 Å². The first-order valence-corrected chi connectivity index (χ1v) is 11.5. The van der Waals surface area contributed by atoms with Crippen molar-refractivity contribution in [3.8, 4) is 18.1 Å². The van der Waals surface area contributed by atoms with Gasteiger partial charge in [-0.3, -0.25) is 10.3 Å². The lowest BCUT2D eigenvalue weighted by atomic mass is 9.85. The molecule has 2 N–H and O–H groups in total. The molecule has 2 aromatic rings. The lowest BCUT2D eigenvalue weighted by Gasteiger charge is -2.32. The van der Waals surface area contributed by atoms with Crippen LogP contribution in [0.15, 0.2) is 30.5 Å². The number of amides is 1. The summed E-state index contributed by atoms with van der Waals surface area (Å²) in [5, 5.41) is 20.6. The number of carbonyl (C=O) groups is 1. The zero-order chi connectivity index (χ0) is 23.0. The summed E-state index contributed by atoms with van der Waals surface area (Å²) < 4.78 is 5.22. The Morgan fingerprint density at radius 3 is 2.82 bits per heavy atom. The lowest BCUT2D eigenvalue weighted by molar-refractivity contribution is 0.211. The second kappa shape index (κ2) is 10.8. The molecule has 2 aliphatic rings. The maximum atomic E-state index is 12.5. The molecule has 0 radical (unpaired) electrons. The van der Waals surface area contributed by atoms with Gasteiger partial charge in [0.1, 0.15) is 11.8 Å². The van der Waals surface area contributed by atoms with E-state index in [1.165, 1.54) is 23.8 Å². The minimum absolute atomic E-state index is 0.0118. The van der Waals surface area contributed by atoms with Gasteiger partial charge in [-0.2, -0.15) is 10.5 Å². The topological polar surface area (TPSA) is 118 Å². The van der Waals surface area contributed by atoms with Crippen LogP contribution in [0.25, 0.3) is 5.57 Å². The van der Waals surface area contributed by atoms with Crippen molar-refractivity contribution in [3.05, 3.63) is 47.3 Å². The average Bonchev–Trinajstić information content (AvgIpc) is 3.31. The van der Waals surface area contributed by atoms with Gasteiger partial charge in [-0.15, -0.1) is 0 Å². The Labute approximate surface area is 193 Å². The number of hydrogen-bond acceptors (Lipinski definition) is 6. The first-order valence-electron chi connectivity index (χ1n) is 11.5. The molecule has 0 saturated carbocycles. The minimum Gasteiger partial charge on any atom is -0.375 e. The van der Waals surface area contributed by atoms with Gasteiger partial charge in [0.2, 0.25) is 0 Å². The van der Waals surface area contributed by atoms with Gasteiger partial charge in [-0.05, 0) is 80.8 Å². The van der Waals surface area contributed by atoms with Gasteiger partial charge >= 0.3 is 12.1 Å². The molecule has 0 spiro atoms. The normalized spacial score (nSPS) is 17.0. The molecular weight excluding hydrogens is 416 g/mol. The standard InChI is InChI=1S/C25H28N6O2/c26-11-4-12-31-13-9-18(10-14-31)20-7-8-23(22(15-20)19-5-2-1-3-6-19)30-25(32)33-24-28-17-21(16-27)29-24/h5,7-8,15,17-18H,1-4,6,9-10,12-14H2,(H,28,29)(H,30,32). The van der Waals surface area contributed by atoms with Gasteiger partial charge in [-0.1, -0.05) is 12.1 Å². The van der Waals surface area contributed by atoms with Gasteiger partial charge < -0.3 is 9.64 Å². The number of carbonyl (C=O) groups excluding carboxylic acids is 1. The summed E-state index contributed by atoms with van der Waals surface area (Å²) in [7, 11) is 0. The number of imidazole rings is 1. The number of piperidine rings is 1. The molecule has 1 aliphatic heterocycles. The molecular formula is C25H28N6O2. The van der Waals surface area contributed by atoms with E-state index >= 15 is 0 Å². The fraction of sp³-hybridized carbons (Fsp3) is 0.440. The van der Waals surface area contributed by atoms with Crippen LogP contribution in [0.5, 0.6) is 6.01 Å². The van der Waals surface area contributed by atoms with E-state index in [9.17, 15) is 4.79 Å². The Morgan fingerprint density at radius 2 is 2.12 bits per heavy atom. The van der Waals surface area contributed by atoms with Crippen molar-refractivity contribution in [2.75, 3.05) is 25.0 Å². The van der Waals surface area contributed by atoms with Crippen LogP contribution in [0, 0.1) is 22.7 Å². The molecule has 1 saturated heterocycles. The number of aromatic amines is 1. The van der Waals surface area contributed by atoms with Crippen LogP contribution in [-0.2, 0) is 0 Å². The zero-order valence-electron chi connectivity index (χ0n) is 18.6. The third-order valence-electron chi connectivity index (χ3n) is 6.38. The highest BCUT2D eigenvalue weighted by Gasteiger charge is 2.22. The summed E-state index contributed by atoms with van der Waals surface area (Å²) in [6, 6.07) is 10.4. The number of H-pyrrole nitrogens is 1. The van der Waals surface area contributed by atoms with Gasteiger partial charge in [0, 0.05) is 18.5 Å². The molecule has 1 fully saturated rings. The van der Waals surface area contributed by atoms with Crippen molar-refractivity contribution in [2.24, 2.45) is 0 Å². The number of nitriles is 2. The average molecular weight is 445 g/mol. The fourth-order valence-electron chi connectivity index (χ4n) is 4.61. The van der Waals surface area contributed by atoms with Crippen LogP contribution in [-0.4, -0.2) is 40.6 Å². The lowest BCUT2D eigenvalue weighted by Crippen LogP contribution is -2.33. The maximum Gasteiger partial charge on any atom is 0.419 e. The first kappa shape index (κ1) is 22.6. The van der Waals surface area contributed by atoms with E-state index in [2.05, 4.69) is 44.5 Å². The van der Waals surface area contributed by atoms with Crippen LogP contribution >= 0.6 is 0 Å². The molecule has 1 aliphatic carbocycles. The van der Waals surface area contributed by atoms with Crippen LogP contribution < -0.4 is 10.1 Å². The summed E-state index contributed by atoms with van der Waals surface area (Å²) in [4.78, 5) is 21.4. The quantitative estimate of drug-likeness (QED) is 0.651. The Kier molecular flexibility index (Phi) is 7.39. The minimum atomic E-state index is -0.648. The van der Waals surface area contributed by atoms with Gasteiger partial charge in [-0.25, -0.2) is 9.78 Å². The predicted octanol–water partition coefficient (Wildman–Crippen LogP) is 4.94. The molecule has 1 aromatic carbocycles. The number of allylic oxidation sites excluding steroid dienone is 2. The molecule has 1 aromatic heterocycles. The van der Waals surface area contributed by atoms with E-state index < -0.39 is 6.09 Å². The van der Waals surface area contributed by atoms with Gasteiger partial charge in [0.25, 0.3) is 0 Å². The van der Waals surface area contributed by atoms with Crippen LogP contribution in [0.4, 0.5) is 10.5 Å². The third-order valence-corrected chi connectivity index (χ3v) is 6.38. The van der Waals surface area contributed by atoms with Crippen LogP contribution in [0.2, 0.25) is 0 Å². The van der Waals surface area contributed by atoms with E-state index in [1.807, 2.05) is 12.1 Å². The summed E-state index contributed by atoms with van der Waals surface area (Å²) in [5.41, 5.74) is 4.55. The number of anilines is 1. The SMILES string of the molecule is N#CCCN1CCC(c2ccc(NC(=O)Oc3ncc(C#N)[nH]3)c(C3=CCCCC3)c2)CC1. The number of rotatable bonds is 6. The molecule has 4 rings (SSSR count). The van der Waals surface area contributed by atoms with E-state index in [1.54, 1.807) is 0 Å². The molecule has 170 valence electrons. The highest BCUT2D eigenvalue weighted by molar-refractivity contribution is 5.91. The predicted molar refractivity (Wildman–Crippen MR) is 124 cm³/mol. The highest BCUT2D eigenvalue weighted by atomic mass is 16.6.